The molecule has 0 bridgehead atoms. The molecule has 348 valence electrons. The predicted octanol–water partition coefficient (Wildman–Crippen LogP) is 4.32. The molecule has 0 radical (unpaired) electrons. The third kappa shape index (κ3) is 26.0. The number of benzene rings is 2. The van der Waals surface area contributed by atoms with Crippen molar-refractivity contribution in [2.45, 2.75) is 5.92 Å². The SMILES string of the molecule is CN(CCOCCOCCOCCOCCOCCOCCOCCOCCOCCOCCOCCOCCOCCCl)C(=O)OCC1c2ccccc2-c2ccccc21. The van der Waals surface area contributed by atoms with Crippen molar-refractivity contribution in [3.05, 3.63) is 59.7 Å². The second kappa shape index (κ2) is 38.0. The predicted molar refractivity (Wildman–Crippen MR) is 229 cm³/mol. The van der Waals surface area contributed by atoms with Gasteiger partial charge in [0.2, 0.25) is 0 Å². The van der Waals surface area contributed by atoms with E-state index in [1.54, 1.807) is 7.05 Å². The van der Waals surface area contributed by atoms with E-state index < -0.39 is 0 Å². The fourth-order valence-electron chi connectivity index (χ4n) is 5.79. The van der Waals surface area contributed by atoms with Crippen LogP contribution in [0.15, 0.2) is 48.5 Å². The van der Waals surface area contributed by atoms with E-state index in [1.807, 2.05) is 24.3 Å². The molecule has 0 saturated heterocycles. The Hall–Kier alpha value is -2.52. The summed E-state index contributed by atoms with van der Waals surface area (Å²) in [6, 6.07) is 16.6. The molecular weight excluding hydrogens is 818 g/mol. The van der Waals surface area contributed by atoms with Crippen molar-refractivity contribution < 1.29 is 71.1 Å². The second-order valence-corrected chi connectivity index (χ2v) is 13.8. The van der Waals surface area contributed by atoms with Crippen molar-refractivity contribution in [2.75, 3.05) is 198 Å². The Bertz CT molecular complexity index is 1290. The lowest BCUT2D eigenvalue weighted by Gasteiger charge is -2.19. The highest BCUT2D eigenvalue weighted by Gasteiger charge is 2.29. The minimum absolute atomic E-state index is 0.0352. The Kier molecular flexibility index (Phi) is 32.9. The summed E-state index contributed by atoms with van der Waals surface area (Å²) in [5, 5.41) is 0. The van der Waals surface area contributed by atoms with Gasteiger partial charge in [-0.3, -0.25) is 0 Å². The van der Waals surface area contributed by atoms with Crippen molar-refractivity contribution in [1.82, 2.24) is 4.90 Å². The largest absolute Gasteiger partial charge is 0.448 e. The number of likely N-dealkylation sites (N-methyl/N-ethyl adjacent to an activating group) is 1. The van der Waals surface area contributed by atoms with E-state index in [0.717, 1.165) is 0 Å². The highest BCUT2D eigenvalue weighted by Crippen LogP contribution is 2.44. The standard InChI is InChI=1S/C44H70ClNO15/c1-46(44(47)61-38-43-41-8-4-2-6-39(41)40-7-3-5-9-42(40)43)11-13-49-15-17-51-19-21-53-23-25-55-27-29-57-31-33-59-35-37-60-36-34-58-32-30-56-28-26-54-24-22-52-20-18-50-16-14-48-12-10-45/h2-9,43H,10-38H2,1H3. The molecule has 17 heteroatoms. The molecular formula is C44H70ClNO15. The van der Waals surface area contributed by atoms with E-state index >= 15 is 0 Å². The van der Waals surface area contributed by atoms with E-state index in [1.165, 1.54) is 27.2 Å². The van der Waals surface area contributed by atoms with Crippen LogP contribution in [0.25, 0.3) is 11.1 Å². The summed E-state index contributed by atoms with van der Waals surface area (Å²) in [7, 11) is 1.71. The van der Waals surface area contributed by atoms with Gasteiger partial charge in [0, 0.05) is 25.4 Å². The highest BCUT2D eigenvalue weighted by molar-refractivity contribution is 6.17. The zero-order chi connectivity index (χ0) is 43.1. The number of rotatable bonds is 43. The molecule has 0 heterocycles. The molecule has 1 aliphatic carbocycles. The van der Waals surface area contributed by atoms with Crippen molar-refractivity contribution in [2.24, 2.45) is 0 Å². The molecule has 0 unspecified atom stereocenters. The summed E-state index contributed by atoms with van der Waals surface area (Å²) >= 11 is 5.52. The minimum atomic E-state index is -0.367. The Balaban J connectivity index is 0.935. The quantitative estimate of drug-likeness (QED) is 0.0687. The summed E-state index contributed by atoms with van der Waals surface area (Å²) in [6.45, 7) is 13.5. The fourth-order valence-corrected chi connectivity index (χ4v) is 5.90. The molecule has 0 aliphatic heterocycles. The Morgan fingerprint density at radius 3 is 0.984 bits per heavy atom. The summed E-state index contributed by atoms with van der Waals surface area (Å²) in [5.74, 6) is 0.527. The highest BCUT2D eigenvalue weighted by atomic mass is 35.5. The van der Waals surface area contributed by atoms with Crippen LogP contribution in [-0.2, 0) is 66.3 Å². The van der Waals surface area contributed by atoms with Gasteiger partial charge in [-0.15, -0.1) is 11.6 Å². The minimum Gasteiger partial charge on any atom is -0.448 e. The fraction of sp³-hybridized carbons (Fsp3) is 0.705. The van der Waals surface area contributed by atoms with Crippen LogP contribution in [-0.4, -0.2) is 209 Å². The summed E-state index contributed by atoms with van der Waals surface area (Å²) in [4.78, 5) is 14.2. The number of halogens is 1. The van der Waals surface area contributed by atoms with Crippen LogP contribution in [0.4, 0.5) is 4.79 Å². The first-order chi connectivity index (χ1) is 30.2. The Morgan fingerprint density at radius 1 is 0.426 bits per heavy atom. The molecule has 0 aromatic heterocycles. The van der Waals surface area contributed by atoms with E-state index in [-0.39, 0.29) is 12.0 Å². The molecule has 0 saturated carbocycles. The average molecular weight is 888 g/mol. The number of hydrogen-bond acceptors (Lipinski definition) is 15. The zero-order valence-electron chi connectivity index (χ0n) is 36.2. The van der Waals surface area contributed by atoms with Crippen LogP contribution in [0.3, 0.4) is 0 Å². The van der Waals surface area contributed by atoms with E-state index in [4.69, 9.17) is 77.9 Å². The Labute approximate surface area is 367 Å². The van der Waals surface area contributed by atoms with Crippen molar-refractivity contribution in [3.63, 3.8) is 0 Å². The van der Waals surface area contributed by atoms with Gasteiger partial charge in [-0.05, 0) is 22.3 Å². The van der Waals surface area contributed by atoms with Gasteiger partial charge in [0.1, 0.15) is 6.61 Å². The van der Waals surface area contributed by atoms with Crippen molar-refractivity contribution >= 4 is 17.7 Å². The molecule has 2 aromatic rings. The molecule has 1 amide bonds. The maximum atomic E-state index is 12.6. The molecule has 0 fully saturated rings. The molecule has 0 N–H and O–H groups in total. The number of hydrogen-bond donors (Lipinski definition) is 0. The maximum Gasteiger partial charge on any atom is 0.409 e. The number of fused-ring (bicyclic) bond motifs is 3. The average Bonchev–Trinajstić information content (AvgIpc) is 3.60. The zero-order valence-corrected chi connectivity index (χ0v) is 36.9. The molecule has 1 aliphatic rings. The smallest absolute Gasteiger partial charge is 0.409 e. The Morgan fingerprint density at radius 2 is 0.689 bits per heavy atom. The van der Waals surface area contributed by atoms with Gasteiger partial charge in [0.15, 0.2) is 0 Å². The third-order valence-corrected chi connectivity index (χ3v) is 9.06. The molecule has 2 aromatic carbocycles. The summed E-state index contributed by atoms with van der Waals surface area (Å²) in [5.41, 5.74) is 4.79. The van der Waals surface area contributed by atoms with E-state index in [2.05, 4.69) is 24.3 Å². The van der Waals surface area contributed by atoms with Gasteiger partial charge in [0.05, 0.1) is 172 Å². The first kappa shape index (κ1) is 52.8. The number of ether oxygens (including phenoxy) is 14. The van der Waals surface area contributed by atoms with Gasteiger partial charge < -0.3 is 71.2 Å². The number of alkyl halides is 1. The van der Waals surface area contributed by atoms with Gasteiger partial charge in [-0.25, -0.2) is 4.79 Å². The van der Waals surface area contributed by atoms with Crippen LogP contribution >= 0.6 is 11.6 Å². The number of carbonyl (C=O) groups excluding carboxylic acids is 1. The topological polar surface area (TPSA) is 150 Å². The molecule has 0 atom stereocenters. The van der Waals surface area contributed by atoms with Crippen LogP contribution in [0, 0.1) is 0 Å². The lowest BCUT2D eigenvalue weighted by Crippen LogP contribution is -2.32. The van der Waals surface area contributed by atoms with Crippen LogP contribution in [0.5, 0.6) is 0 Å². The van der Waals surface area contributed by atoms with Gasteiger partial charge in [0.25, 0.3) is 0 Å². The van der Waals surface area contributed by atoms with E-state index in [0.29, 0.717) is 191 Å². The van der Waals surface area contributed by atoms with Crippen LogP contribution in [0.2, 0.25) is 0 Å². The van der Waals surface area contributed by atoms with Crippen molar-refractivity contribution in [1.29, 1.82) is 0 Å². The molecule has 0 spiro atoms. The third-order valence-electron chi connectivity index (χ3n) is 8.90. The van der Waals surface area contributed by atoms with Crippen LogP contribution < -0.4 is 0 Å². The first-order valence-corrected chi connectivity index (χ1v) is 21.9. The lowest BCUT2D eigenvalue weighted by molar-refractivity contribution is -0.0290. The molecule has 3 rings (SSSR count). The number of nitrogens with zero attached hydrogens (tertiary/aromatic N) is 1. The summed E-state index contributed by atoms with van der Waals surface area (Å²) in [6.07, 6.45) is -0.367. The van der Waals surface area contributed by atoms with Crippen molar-refractivity contribution in [3.8, 4) is 11.1 Å². The second-order valence-electron chi connectivity index (χ2n) is 13.4. The monoisotopic (exact) mass is 887 g/mol. The number of carbonyl (C=O) groups is 1. The first-order valence-electron chi connectivity index (χ1n) is 21.3. The van der Waals surface area contributed by atoms with Crippen LogP contribution in [0.1, 0.15) is 17.0 Å². The molecule has 16 nitrogen and oxygen atoms in total. The van der Waals surface area contributed by atoms with Gasteiger partial charge in [-0.1, -0.05) is 48.5 Å². The number of amides is 1. The van der Waals surface area contributed by atoms with Gasteiger partial charge >= 0.3 is 6.09 Å². The lowest BCUT2D eigenvalue weighted by atomic mass is 9.98. The molecule has 61 heavy (non-hydrogen) atoms. The van der Waals surface area contributed by atoms with Gasteiger partial charge in [-0.2, -0.15) is 0 Å². The van der Waals surface area contributed by atoms with E-state index in [9.17, 15) is 4.79 Å². The maximum absolute atomic E-state index is 12.6. The summed E-state index contributed by atoms with van der Waals surface area (Å²) < 4.78 is 76.9. The normalized spacial score (nSPS) is 12.2.